The van der Waals surface area contributed by atoms with Crippen molar-refractivity contribution >= 4 is 22.5 Å². The third kappa shape index (κ3) is 2.60. The van der Waals surface area contributed by atoms with E-state index in [2.05, 4.69) is 0 Å². The van der Waals surface area contributed by atoms with E-state index >= 15 is 0 Å². The normalized spacial score (nSPS) is 10.9. The molecule has 0 heterocycles. The van der Waals surface area contributed by atoms with Crippen LogP contribution in [0, 0.1) is 17.5 Å². The fraction of sp³-hybridized carbons (Fsp3) is 0. The summed E-state index contributed by atoms with van der Waals surface area (Å²) in [6.07, 6.45) is 0. The first-order chi connectivity index (χ1) is 5.82. The third-order valence-corrected chi connectivity index (χ3v) is 2.13. The van der Waals surface area contributed by atoms with Crippen LogP contribution in [0.2, 0.25) is 0 Å². The highest BCUT2D eigenvalue weighted by Crippen LogP contribution is 2.19. The molecule has 0 aliphatic rings. The highest BCUT2D eigenvalue weighted by atomic mass is 35.5. The number of halogens is 4. The Morgan fingerprint density at radius 1 is 1.07 bits per heavy atom. The first-order valence-corrected chi connectivity index (χ1v) is 4.38. The van der Waals surface area contributed by atoms with Gasteiger partial charge in [-0.3, -0.25) is 4.55 Å². The molecule has 0 fully saturated rings. The molecule has 3 nitrogen and oxygen atoms in total. The maximum Gasteiger partial charge on any atom is 0.300 e. The van der Waals surface area contributed by atoms with Gasteiger partial charge in [0.1, 0.15) is 17.5 Å². The summed E-state index contributed by atoms with van der Waals surface area (Å²) in [5, 5.41) is 0. The van der Waals surface area contributed by atoms with Crippen molar-refractivity contribution in [3.05, 3.63) is 29.6 Å². The van der Waals surface area contributed by atoms with E-state index in [1.165, 1.54) is 0 Å². The molecular formula is C6H4ClF3O3S. The molecule has 8 heteroatoms. The maximum absolute atomic E-state index is 12.6. The molecule has 0 spiro atoms. The average molecular weight is 249 g/mol. The zero-order chi connectivity index (χ0) is 10.2. The van der Waals surface area contributed by atoms with Gasteiger partial charge in [0.05, 0.1) is 0 Å². The molecule has 1 aromatic rings. The van der Waals surface area contributed by atoms with E-state index < -0.39 is 32.5 Å². The Balaban J connectivity index is 0.00000169. The molecule has 0 unspecified atom stereocenters. The molecule has 0 atom stereocenters. The Morgan fingerprint density at radius 3 is 1.71 bits per heavy atom. The average Bonchev–Trinajstić information content (AvgIpc) is 1.78. The Morgan fingerprint density at radius 2 is 1.43 bits per heavy atom. The van der Waals surface area contributed by atoms with Gasteiger partial charge in [0.15, 0.2) is 4.90 Å². The standard InChI is InChI=1S/C6H3F3O3S.ClH/c7-3-1-4(8)6(5(9)2-3)13(10,11)12;/h1-2H,(H,10,11,12);1H. The molecule has 0 radical (unpaired) electrons. The van der Waals surface area contributed by atoms with E-state index in [1.807, 2.05) is 0 Å². The van der Waals surface area contributed by atoms with Gasteiger partial charge in [-0.1, -0.05) is 0 Å². The lowest BCUT2D eigenvalue weighted by Crippen LogP contribution is -2.05. The number of hydrogen-bond acceptors (Lipinski definition) is 2. The summed E-state index contributed by atoms with van der Waals surface area (Å²) in [5.41, 5.74) is 0. The summed E-state index contributed by atoms with van der Waals surface area (Å²) in [4.78, 5) is -1.55. The Hall–Kier alpha value is -0.790. The van der Waals surface area contributed by atoms with Crippen LogP contribution in [-0.4, -0.2) is 13.0 Å². The van der Waals surface area contributed by atoms with Crippen LogP contribution in [0.4, 0.5) is 13.2 Å². The first-order valence-electron chi connectivity index (χ1n) is 2.94. The van der Waals surface area contributed by atoms with Crippen LogP contribution in [-0.2, 0) is 10.1 Å². The second-order valence-corrected chi connectivity index (χ2v) is 3.53. The molecule has 0 saturated carbocycles. The van der Waals surface area contributed by atoms with E-state index in [0.717, 1.165) is 0 Å². The summed E-state index contributed by atoms with van der Waals surface area (Å²) in [7, 11) is -5.00. The summed E-state index contributed by atoms with van der Waals surface area (Å²) in [5.74, 6) is -4.60. The molecule has 0 bridgehead atoms. The summed E-state index contributed by atoms with van der Waals surface area (Å²) >= 11 is 0. The second kappa shape index (κ2) is 4.16. The smallest absolute Gasteiger partial charge is 0.282 e. The largest absolute Gasteiger partial charge is 0.300 e. The third-order valence-electron chi connectivity index (χ3n) is 1.22. The minimum Gasteiger partial charge on any atom is -0.282 e. The fourth-order valence-corrected chi connectivity index (χ4v) is 1.39. The minimum atomic E-state index is -5.00. The number of rotatable bonds is 1. The van der Waals surface area contributed by atoms with Gasteiger partial charge in [0.25, 0.3) is 10.1 Å². The van der Waals surface area contributed by atoms with Crippen molar-refractivity contribution in [1.29, 1.82) is 0 Å². The van der Waals surface area contributed by atoms with Crippen LogP contribution in [0.3, 0.4) is 0 Å². The first kappa shape index (κ1) is 13.2. The lowest BCUT2D eigenvalue weighted by Gasteiger charge is -2.00. The molecular weight excluding hydrogens is 245 g/mol. The number of benzene rings is 1. The van der Waals surface area contributed by atoms with E-state index in [4.69, 9.17) is 4.55 Å². The summed E-state index contributed by atoms with van der Waals surface area (Å²) in [6, 6.07) is 0.318. The van der Waals surface area contributed by atoms with E-state index in [1.54, 1.807) is 0 Å². The van der Waals surface area contributed by atoms with Crippen LogP contribution >= 0.6 is 12.4 Å². The zero-order valence-electron chi connectivity index (χ0n) is 6.37. The van der Waals surface area contributed by atoms with Gasteiger partial charge in [-0.2, -0.15) is 8.42 Å². The molecule has 1 aromatic carbocycles. The van der Waals surface area contributed by atoms with E-state index in [-0.39, 0.29) is 24.5 Å². The van der Waals surface area contributed by atoms with Gasteiger partial charge in [-0.05, 0) is 0 Å². The van der Waals surface area contributed by atoms with Gasteiger partial charge >= 0.3 is 0 Å². The predicted molar refractivity (Wildman–Crippen MR) is 43.4 cm³/mol. The van der Waals surface area contributed by atoms with Crippen LogP contribution in [0.15, 0.2) is 17.0 Å². The van der Waals surface area contributed by atoms with Gasteiger partial charge in [0.2, 0.25) is 0 Å². The van der Waals surface area contributed by atoms with E-state index in [0.29, 0.717) is 0 Å². The SMILES string of the molecule is Cl.O=S(=O)(O)c1c(F)cc(F)cc1F. The lowest BCUT2D eigenvalue weighted by atomic mass is 10.3. The van der Waals surface area contributed by atoms with Crippen molar-refractivity contribution in [2.45, 2.75) is 4.90 Å². The fourth-order valence-electron chi connectivity index (χ4n) is 0.775. The van der Waals surface area contributed by atoms with Crippen molar-refractivity contribution in [2.24, 2.45) is 0 Å². The summed E-state index contributed by atoms with van der Waals surface area (Å²) in [6.45, 7) is 0. The van der Waals surface area contributed by atoms with Crippen molar-refractivity contribution in [3.63, 3.8) is 0 Å². The monoisotopic (exact) mass is 248 g/mol. The summed E-state index contributed by atoms with van der Waals surface area (Å²) < 4.78 is 66.4. The Labute approximate surface area is 83.7 Å². The molecule has 1 rings (SSSR count). The molecule has 0 aliphatic carbocycles. The molecule has 0 saturated heterocycles. The molecule has 0 aromatic heterocycles. The highest BCUT2D eigenvalue weighted by molar-refractivity contribution is 7.85. The Kier molecular flexibility index (Phi) is 3.92. The molecule has 0 amide bonds. The zero-order valence-corrected chi connectivity index (χ0v) is 8.00. The minimum absolute atomic E-state index is 0. The molecule has 1 N–H and O–H groups in total. The maximum atomic E-state index is 12.6. The van der Waals surface area contributed by atoms with Crippen molar-refractivity contribution < 1.29 is 26.1 Å². The van der Waals surface area contributed by atoms with Crippen LogP contribution in [0.5, 0.6) is 0 Å². The van der Waals surface area contributed by atoms with Gasteiger partial charge in [0, 0.05) is 12.1 Å². The quantitative estimate of drug-likeness (QED) is 0.771. The second-order valence-electron chi connectivity index (χ2n) is 2.17. The van der Waals surface area contributed by atoms with Crippen molar-refractivity contribution in [2.75, 3.05) is 0 Å². The van der Waals surface area contributed by atoms with Crippen LogP contribution in [0.25, 0.3) is 0 Å². The van der Waals surface area contributed by atoms with Crippen LogP contribution < -0.4 is 0 Å². The molecule has 80 valence electrons. The van der Waals surface area contributed by atoms with Crippen molar-refractivity contribution in [3.8, 4) is 0 Å². The highest BCUT2D eigenvalue weighted by Gasteiger charge is 2.22. The van der Waals surface area contributed by atoms with Gasteiger partial charge in [-0.15, -0.1) is 12.4 Å². The topological polar surface area (TPSA) is 54.4 Å². The van der Waals surface area contributed by atoms with Gasteiger partial charge < -0.3 is 0 Å². The van der Waals surface area contributed by atoms with Gasteiger partial charge in [-0.25, -0.2) is 13.2 Å². The lowest BCUT2D eigenvalue weighted by molar-refractivity contribution is 0.451. The van der Waals surface area contributed by atoms with E-state index in [9.17, 15) is 21.6 Å². The molecule has 14 heavy (non-hydrogen) atoms. The predicted octanol–water partition coefficient (Wildman–Crippen LogP) is 1.77. The molecule has 0 aliphatic heterocycles. The van der Waals surface area contributed by atoms with Crippen molar-refractivity contribution in [1.82, 2.24) is 0 Å². The Bertz CT molecular complexity index is 423. The van der Waals surface area contributed by atoms with Crippen LogP contribution in [0.1, 0.15) is 0 Å². The number of hydrogen-bond donors (Lipinski definition) is 1.